The number of rotatable bonds is 5. The van der Waals surface area contributed by atoms with Gasteiger partial charge in [-0.1, -0.05) is 19.8 Å². The minimum atomic E-state index is -0.311. The van der Waals surface area contributed by atoms with E-state index in [2.05, 4.69) is 35.2 Å². The number of hydrogen-bond acceptors (Lipinski definition) is 3. The maximum absolute atomic E-state index is 5.41. The first-order chi connectivity index (χ1) is 7.44. The molecule has 0 atom stereocenters. The minimum absolute atomic E-state index is 0.311. The zero-order valence-corrected chi connectivity index (χ0v) is 10.5. The number of nitrogens with zero attached hydrogens (tertiary/aromatic N) is 3. The van der Waals surface area contributed by atoms with E-state index in [4.69, 9.17) is 6.42 Å². The summed E-state index contributed by atoms with van der Waals surface area (Å²) in [7, 11) is 0. The van der Waals surface area contributed by atoms with Crippen LogP contribution in [0.4, 0.5) is 0 Å². The van der Waals surface area contributed by atoms with Crippen molar-refractivity contribution < 1.29 is 0 Å². The van der Waals surface area contributed by atoms with Gasteiger partial charge >= 0.3 is 0 Å². The van der Waals surface area contributed by atoms with Gasteiger partial charge in [-0.15, -0.1) is 6.42 Å². The molecule has 1 aromatic rings. The Kier molecular flexibility index (Phi) is 4.08. The van der Waals surface area contributed by atoms with E-state index in [-0.39, 0.29) is 5.54 Å². The molecule has 0 fully saturated rings. The van der Waals surface area contributed by atoms with Crippen LogP contribution in [0, 0.1) is 18.3 Å². The van der Waals surface area contributed by atoms with E-state index < -0.39 is 0 Å². The molecule has 0 aliphatic carbocycles. The van der Waals surface area contributed by atoms with Gasteiger partial charge in [0, 0.05) is 6.54 Å². The fourth-order valence-corrected chi connectivity index (χ4v) is 1.27. The molecule has 0 radical (unpaired) electrons. The van der Waals surface area contributed by atoms with E-state index >= 15 is 0 Å². The lowest BCUT2D eigenvalue weighted by Crippen LogP contribution is -2.37. The van der Waals surface area contributed by atoms with Crippen molar-refractivity contribution in [3.8, 4) is 12.3 Å². The quantitative estimate of drug-likeness (QED) is 0.763. The Morgan fingerprint density at radius 1 is 1.56 bits per heavy atom. The van der Waals surface area contributed by atoms with Crippen molar-refractivity contribution in [1.82, 2.24) is 20.1 Å². The van der Waals surface area contributed by atoms with E-state index in [0.29, 0.717) is 12.5 Å². The summed E-state index contributed by atoms with van der Waals surface area (Å²) < 4.78 is 1.92. The normalized spacial score (nSPS) is 11.8. The van der Waals surface area contributed by atoms with Crippen LogP contribution in [-0.4, -0.2) is 20.3 Å². The predicted octanol–water partition coefficient (Wildman–Crippen LogP) is 1.44. The summed E-state index contributed by atoms with van der Waals surface area (Å²) in [6, 6.07) is 0. The van der Waals surface area contributed by atoms with Crippen molar-refractivity contribution in [1.29, 1.82) is 0 Å². The highest BCUT2D eigenvalue weighted by atomic mass is 15.3. The van der Waals surface area contributed by atoms with Gasteiger partial charge in [-0.25, -0.2) is 9.67 Å². The van der Waals surface area contributed by atoms with Crippen LogP contribution in [-0.2, 0) is 13.1 Å². The van der Waals surface area contributed by atoms with Gasteiger partial charge in [0.1, 0.15) is 12.2 Å². The van der Waals surface area contributed by atoms with Crippen molar-refractivity contribution in [2.24, 2.45) is 5.92 Å². The number of nitrogens with one attached hydrogen (secondary N) is 1. The van der Waals surface area contributed by atoms with Gasteiger partial charge in [0.2, 0.25) is 0 Å². The standard InChI is InChI=1S/C12H20N4/c1-6-12(4,5)14-7-11-13-9-15-16(11)8-10(2)3/h1,9-10,14H,7-8H2,2-5H3. The lowest BCUT2D eigenvalue weighted by Gasteiger charge is -2.19. The Morgan fingerprint density at radius 2 is 2.25 bits per heavy atom. The molecular weight excluding hydrogens is 200 g/mol. The van der Waals surface area contributed by atoms with Gasteiger partial charge in [-0.05, 0) is 19.8 Å². The first kappa shape index (κ1) is 12.7. The van der Waals surface area contributed by atoms with Gasteiger partial charge in [0.25, 0.3) is 0 Å². The van der Waals surface area contributed by atoms with E-state index in [1.54, 1.807) is 6.33 Å². The fraction of sp³-hybridized carbons (Fsp3) is 0.667. The minimum Gasteiger partial charge on any atom is -0.294 e. The van der Waals surface area contributed by atoms with Crippen LogP contribution in [0.1, 0.15) is 33.5 Å². The van der Waals surface area contributed by atoms with Crippen LogP contribution in [0.2, 0.25) is 0 Å². The molecule has 0 spiro atoms. The molecule has 16 heavy (non-hydrogen) atoms. The molecule has 1 aromatic heterocycles. The molecule has 0 unspecified atom stereocenters. The molecule has 1 N–H and O–H groups in total. The zero-order valence-electron chi connectivity index (χ0n) is 10.5. The maximum atomic E-state index is 5.41. The van der Waals surface area contributed by atoms with Crippen LogP contribution in [0.3, 0.4) is 0 Å². The summed E-state index contributed by atoms with van der Waals surface area (Å²) in [4.78, 5) is 4.23. The Labute approximate surface area is 97.5 Å². The Morgan fingerprint density at radius 3 is 2.81 bits per heavy atom. The van der Waals surface area contributed by atoms with Gasteiger partial charge < -0.3 is 0 Å². The average Bonchev–Trinajstić information content (AvgIpc) is 2.62. The molecule has 0 bridgehead atoms. The van der Waals surface area contributed by atoms with Crippen molar-refractivity contribution in [3.05, 3.63) is 12.2 Å². The number of hydrogen-bond donors (Lipinski definition) is 1. The second-order valence-electron chi connectivity index (χ2n) is 4.88. The Hall–Kier alpha value is -1.34. The molecular formula is C12H20N4. The van der Waals surface area contributed by atoms with Crippen molar-refractivity contribution in [2.75, 3.05) is 0 Å². The lowest BCUT2D eigenvalue weighted by molar-refractivity contribution is 0.431. The van der Waals surface area contributed by atoms with Crippen LogP contribution >= 0.6 is 0 Å². The molecule has 88 valence electrons. The molecule has 0 aliphatic rings. The molecule has 0 amide bonds. The van der Waals surface area contributed by atoms with Gasteiger partial charge in [-0.3, -0.25) is 5.32 Å². The first-order valence-electron chi connectivity index (χ1n) is 5.54. The van der Waals surface area contributed by atoms with Crippen molar-refractivity contribution in [2.45, 2.75) is 46.3 Å². The van der Waals surface area contributed by atoms with Crippen molar-refractivity contribution >= 4 is 0 Å². The van der Waals surface area contributed by atoms with E-state index in [1.165, 1.54) is 0 Å². The summed E-state index contributed by atoms with van der Waals surface area (Å²) in [5.74, 6) is 4.18. The molecule has 1 heterocycles. The predicted molar refractivity (Wildman–Crippen MR) is 64.6 cm³/mol. The summed E-state index contributed by atoms with van der Waals surface area (Å²) in [6.45, 7) is 9.78. The third-order valence-electron chi connectivity index (χ3n) is 2.28. The van der Waals surface area contributed by atoms with E-state index in [0.717, 1.165) is 12.4 Å². The fourth-order valence-electron chi connectivity index (χ4n) is 1.27. The molecule has 0 aliphatic heterocycles. The Balaban J connectivity index is 2.61. The van der Waals surface area contributed by atoms with Crippen molar-refractivity contribution in [3.63, 3.8) is 0 Å². The summed E-state index contributed by atoms with van der Waals surface area (Å²) in [5.41, 5.74) is -0.311. The summed E-state index contributed by atoms with van der Waals surface area (Å²) in [6.07, 6.45) is 6.99. The topological polar surface area (TPSA) is 42.7 Å². The largest absolute Gasteiger partial charge is 0.294 e. The molecule has 0 saturated heterocycles. The smallest absolute Gasteiger partial charge is 0.140 e. The highest BCUT2D eigenvalue weighted by Crippen LogP contribution is 2.04. The Bertz CT molecular complexity index is 371. The van der Waals surface area contributed by atoms with Crippen LogP contribution in [0.5, 0.6) is 0 Å². The van der Waals surface area contributed by atoms with Gasteiger partial charge in [-0.2, -0.15) is 5.10 Å². The SMILES string of the molecule is C#CC(C)(C)NCc1ncnn1CC(C)C. The molecule has 0 aromatic carbocycles. The maximum Gasteiger partial charge on any atom is 0.140 e. The van der Waals surface area contributed by atoms with Crippen LogP contribution in [0.15, 0.2) is 6.33 Å². The first-order valence-corrected chi connectivity index (χ1v) is 5.54. The molecule has 4 heteroatoms. The number of terminal acetylenes is 1. The molecule has 1 rings (SSSR count). The third-order valence-corrected chi connectivity index (χ3v) is 2.28. The monoisotopic (exact) mass is 220 g/mol. The summed E-state index contributed by atoms with van der Waals surface area (Å²) >= 11 is 0. The number of aromatic nitrogens is 3. The van der Waals surface area contributed by atoms with E-state index in [9.17, 15) is 0 Å². The highest BCUT2D eigenvalue weighted by Gasteiger charge is 2.14. The van der Waals surface area contributed by atoms with Crippen LogP contribution < -0.4 is 5.32 Å². The highest BCUT2D eigenvalue weighted by molar-refractivity contribution is 5.07. The third kappa shape index (κ3) is 3.67. The second-order valence-corrected chi connectivity index (χ2v) is 4.88. The average molecular weight is 220 g/mol. The van der Waals surface area contributed by atoms with Gasteiger partial charge in [0.05, 0.1) is 12.1 Å². The lowest BCUT2D eigenvalue weighted by atomic mass is 10.1. The second kappa shape index (κ2) is 5.13. The van der Waals surface area contributed by atoms with Crippen LogP contribution in [0.25, 0.3) is 0 Å². The van der Waals surface area contributed by atoms with Gasteiger partial charge in [0.15, 0.2) is 0 Å². The molecule has 0 saturated carbocycles. The summed E-state index contributed by atoms with van der Waals surface area (Å²) in [5, 5.41) is 7.46. The zero-order chi connectivity index (χ0) is 12.2. The van der Waals surface area contributed by atoms with E-state index in [1.807, 2.05) is 18.5 Å². The molecule has 4 nitrogen and oxygen atoms in total.